The second-order valence-electron chi connectivity index (χ2n) is 7.35. The number of nitrogens with zero attached hydrogens (tertiary/aromatic N) is 4. The minimum absolute atomic E-state index is 0.0514. The summed E-state index contributed by atoms with van der Waals surface area (Å²) in [7, 11) is 0. The van der Waals surface area contributed by atoms with Gasteiger partial charge in [-0.2, -0.15) is 4.98 Å². The van der Waals surface area contributed by atoms with E-state index in [1.807, 2.05) is 55.1 Å². The first-order valence-electron chi connectivity index (χ1n) is 9.86. The number of carbonyl (C=O) groups is 1. The topological polar surface area (TPSA) is 81.4 Å². The molecule has 150 valence electrons. The fourth-order valence-electron chi connectivity index (χ4n) is 3.44. The molecule has 1 saturated heterocycles. The van der Waals surface area contributed by atoms with Crippen molar-refractivity contribution >= 4 is 5.91 Å². The molecule has 7 heteroatoms. The first-order valence-corrected chi connectivity index (χ1v) is 9.86. The van der Waals surface area contributed by atoms with Gasteiger partial charge in [-0.3, -0.25) is 9.78 Å². The van der Waals surface area contributed by atoms with Crippen LogP contribution in [0.3, 0.4) is 0 Å². The van der Waals surface area contributed by atoms with Gasteiger partial charge in [0.15, 0.2) is 12.4 Å². The predicted octanol–water partition coefficient (Wildman–Crippen LogP) is 4.03. The Bertz CT molecular complexity index is 966. The van der Waals surface area contributed by atoms with E-state index in [1.54, 1.807) is 6.20 Å². The van der Waals surface area contributed by atoms with Gasteiger partial charge < -0.3 is 14.2 Å². The largest absolute Gasteiger partial charge is 0.484 e. The highest BCUT2D eigenvalue weighted by atomic mass is 16.5. The lowest BCUT2D eigenvalue weighted by Gasteiger charge is -2.33. The molecule has 0 N–H and O–H groups in total. The van der Waals surface area contributed by atoms with Gasteiger partial charge in [0.25, 0.3) is 11.8 Å². The Morgan fingerprint density at radius 3 is 2.76 bits per heavy atom. The fraction of sp³-hybridized carbons (Fsp3) is 0.364. The Hall–Kier alpha value is -3.22. The lowest BCUT2D eigenvalue weighted by atomic mass is 10.0. The standard InChI is InChI=1S/C22H24N4O3/c1-15-6-10-18(11-7-15)28-14-20-24-21(25-29-20)19-5-3-4-12-26(19)22(27)17-9-8-16(2)23-13-17/h6-11,13,19H,3-5,12,14H2,1-2H3. The van der Waals surface area contributed by atoms with Gasteiger partial charge in [0, 0.05) is 18.4 Å². The number of rotatable bonds is 5. The summed E-state index contributed by atoms with van der Waals surface area (Å²) in [4.78, 5) is 23.6. The van der Waals surface area contributed by atoms with Crippen LogP contribution in [-0.4, -0.2) is 32.5 Å². The molecule has 4 rings (SSSR count). The van der Waals surface area contributed by atoms with Crippen molar-refractivity contribution in [2.75, 3.05) is 6.54 Å². The first-order chi connectivity index (χ1) is 14.1. The van der Waals surface area contributed by atoms with Gasteiger partial charge in [0.05, 0.1) is 11.6 Å². The van der Waals surface area contributed by atoms with Crippen molar-refractivity contribution in [3.05, 3.63) is 71.1 Å². The summed E-state index contributed by atoms with van der Waals surface area (Å²) in [6.07, 6.45) is 4.41. The Balaban J connectivity index is 1.46. The van der Waals surface area contributed by atoms with E-state index in [0.717, 1.165) is 30.7 Å². The normalized spacial score (nSPS) is 16.6. The van der Waals surface area contributed by atoms with Gasteiger partial charge in [-0.1, -0.05) is 22.9 Å². The molecule has 1 aromatic carbocycles. The van der Waals surface area contributed by atoms with Crippen LogP contribution in [0.2, 0.25) is 0 Å². The number of hydrogen-bond donors (Lipinski definition) is 0. The Morgan fingerprint density at radius 1 is 1.17 bits per heavy atom. The number of hydrogen-bond acceptors (Lipinski definition) is 6. The molecule has 1 aliphatic rings. The van der Waals surface area contributed by atoms with Crippen molar-refractivity contribution in [1.29, 1.82) is 0 Å². The van der Waals surface area contributed by atoms with Gasteiger partial charge in [-0.05, 0) is 57.4 Å². The van der Waals surface area contributed by atoms with Crippen LogP contribution in [0.5, 0.6) is 5.75 Å². The van der Waals surface area contributed by atoms with Gasteiger partial charge >= 0.3 is 0 Å². The summed E-state index contributed by atoms with van der Waals surface area (Å²) < 4.78 is 11.1. The average Bonchev–Trinajstić information content (AvgIpc) is 3.22. The highest BCUT2D eigenvalue weighted by molar-refractivity contribution is 5.94. The molecule has 3 heterocycles. The number of benzene rings is 1. The second kappa shape index (κ2) is 8.43. The maximum absolute atomic E-state index is 13.0. The molecule has 0 aliphatic carbocycles. The summed E-state index contributed by atoms with van der Waals surface area (Å²) in [5, 5.41) is 4.13. The summed E-state index contributed by atoms with van der Waals surface area (Å²) in [6.45, 7) is 4.79. The van der Waals surface area contributed by atoms with Crippen LogP contribution in [0.4, 0.5) is 0 Å². The van der Waals surface area contributed by atoms with Crippen LogP contribution in [-0.2, 0) is 6.61 Å². The number of carbonyl (C=O) groups excluding carboxylic acids is 1. The number of aryl methyl sites for hydroxylation is 2. The molecule has 0 bridgehead atoms. The third-order valence-electron chi connectivity index (χ3n) is 5.09. The molecule has 0 spiro atoms. The molecular weight excluding hydrogens is 368 g/mol. The van der Waals surface area contributed by atoms with Crippen molar-refractivity contribution in [2.45, 2.75) is 45.8 Å². The van der Waals surface area contributed by atoms with Crippen LogP contribution in [0.15, 0.2) is 47.1 Å². The van der Waals surface area contributed by atoms with Gasteiger partial charge in [0.1, 0.15) is 5.75 Å². The molecule has 1 unspecified atom stereocenters. The number of amides is 1. The number of ether oxygens (including phenoxy) is 1. The first kappa shape index (κ1) is 19.1. The summed E-state index contributed by atoms with van der Waals surface area (Å²) in [6, 6.07) is 11.2. The van der Waals surface area contributed by atoms with Crippen molar-refractivity contribution in [3.8, 4) is 5.75 Å². The maximum atomic E-state index is 13.0. The fourth-order valence-corrected chi connectivity index (χ4v) is 3.44. The van der Waals surface area contributed by atoms with E-state index in [-0.39, 0.29) is 18.6 Å². The van der Waals surface area contributed by atoms with Crippen LogP contribution in [0.25, 0.3) is 0 Å². The van der Waals surface area contributed by atoms with Crippen LogP contribution >= 0.6 is 0 Å². The minimum Gasteiger partial charge on any atom is -0.484 e. The van der Waals surface area contributed by atoms with E-state index >= 15 is 0 Å². The van der Waals surface area contributed by atoms with E-state index in [1.165, 1.54) is 5.56 Å². The van der Waals surface area contributed by atoms with Gasteiger partial charge in [-0.15, -0.1) is 0 Å². The smallest absolute Gasteiger partial charge is 0.264 e. The lowest BCUT2D eigenvalue weighted by molar-refractivity contribution is 0.0596. The van der Waals surface area contributed by atoms with Gasteiger partial charge in [-0.25, -0.2) is 0 Å². The Morgan fingerprint density at radius 2 is 2.00 bits per heavy atom. The number of likely N-dealkylation sites (tertiary alicyclic amines) is 1. The van der Waals surface area contributed by atoms with E-state index in [4.69, 9.17) is 9.26 Å². The van der Waals surface area contributed by atoms with Crippen LogP contribution < -0.4 is 4.74 Å². The molecule has 1 amide bonds. The Kier molecular flexibility index (Phi) is 5.55. The van der Waals surface area contributed by atoms with E-state index in [0.29, 0.717) is 23.8 Å². The molecule has 29 heavy (non-hydrogen) atoms. The van der Waals surface area contributed by atoms with Crippen molar-refractivity contribution in [3.63, 3.8) is 0 Å². The third kappa shape index (κ3) is 4.45. The molecule has 0 saturated carbocycles. The second-order valence-corrected chi connectivity index (χ2v) is 7.35. The van der Waals surface area contributed by atoms with E-state index in [9.17, 15) is 4.79 Å². The molecule has 7 nitrogen and oxygen atoms in total. The molecule has 0 radical (unpaired) electrons. The molecule has 1 atom stereocenters. The summed E-state index contributed by atoms with van der Waals surface area (Å²) in [5.74, 6) is 1.62. The molecule has 1 aliphatic heterocycles. The molecule has 1 fully saturated rings. The van der Waals surface area contributed by atoms with Crippen LogP contribution in [0, 0.1) is 13.8 Å². The molecule has 2 aromatic heterocycles. The molecular formula is C22H24N4O3. The Labute approximate surface area is 169 Å². The predicted molar refractivity (Wildman–Crippen MR) is 106 cm³/mol. The van der Waals surface area contributed by atoms with Crippen molar-refractivity contribution in [2.24, 2.45) is 0 Å². The lowest BCUT2D eigenvalue weighted by Crippen LogP contribution is -2.39. The van der Waals surface area contributed by atoms with Crippen LogP contribution in [0.1, 0.15) is 58.6 Å². The third-order valence-corrected chi connectivity index (χ3v) is 5.09. The highest BCUT2D eigenvalue weighted by Crippen LogP contribution is 2.30. The highest BCUT2D eigenvalue weighted by Gasteiger charge is 2.32. The zero-order chi connectivity index (χ0) is 20.2. The average molecular weight is 392 g/mol. The van der Waals surface area contributed by atoms with E-state index in [2.05, 4.69) is 15.1 Å². The zero-order valence-electron chi connectivity index (χ0n) is 16.7. The number of pyridine rings is 1. The number of aromatic nitrogens is 3. The quantitative estimate of drug-likeness (QED) is 0.652. The summed E-state index contributed by atoms with van der Waals surface area (Å²) in [5.41, 5.74) is 2.63. The van der Waals surface area contributed by atoms with Crippen molar-refractivity contribution < 1.29 is 14.1 Å². The summed E-state index contributed by atoms with van der Waals surface area (Å²) >= 11 is 0. The minimum atomic E-state index is -0.200. The molecule has 3 aromatic rings. The monoisotopic (exact) mass is 392 g/mol. The zero-order valence-corrected chi connectivity index (χ0v) is 16.7. The SMILES string of the molecule is Cc1ccc(OCc2nc(C3CCCCN3C(=O)c3ccc(C)nc3)no2)cc1. The van der Waals surface area contributed by atoms with E-state index < -0.39 is 0 Å². The number of piperidine rings is 1. The maximum Gasteiger partial charge on any atom is 0.264 e. The van der Waals surface area contributed by atoms with Gasteiger partial charge in [0.2, 0.25) is 0 Å². The van der Waals surface area contributed by atoms with Crippen molar-refractivity contribution in [1.82, 2.24) is 20.0 Å².